The number of methoxy groups -OCH3 is 1. The SMILES string of the molecule is COc1ccc(CCN2C(=O)C(SCc3ccccc3)=C(c3cccs3)C2=O)cc1. The number of rotatable bonds is 8. The first-order valence-electron chi connectivity index (χ1n) is 9.61. The summed E-state index contributed by atoms with van der Waals surface area (Å²) in [5, 5.41) is 1.93. The van der Waals surface area contributed by atoms with Crippen LogP contribution in [0.15, 0.2) is 77.0 Å². The summed E-state index contributed by atoms with van der Waals surface area (Å²) in [6, 6.07) is 21.5. The average molecular weight is 436 g/mol. The highest BCUT2D eigenvalue weighted by Crippen LogP contribution is 2.39. The number of carbonyl (C=O) groups excluding carboxylic acids is 2. The highest BCUT2D eigenvalue weighted by atomic mass is 32.2. The molecule has 2 aromatic carbocycles. The van der Waals surface area contributed by atoms with Crippen molar-refractivity contribution < 1.29 is 14.3 Å². The van der Waals surface area contributed by atoms with E-state index in [-0.39, 0.29) is 11.8 Å². The summed E-state index contributed by atoms with van der Waals surface area (Å²) in [6.45, 7) is 0.355. The second-order valence-corrected chi connectivity index (χ2v) is 8.75. The number of amides is 2. The molecule has 2 heterocycles. The summed E-state index contributed by atoms with van der Waals surface area (Å²) in [5.74, 6) is 1.04. The molecule has 0 unspecified atom stereocenters. The largest absolute Gasteiger partial charge is 0.497 e. The van der Waals surface area contributed by atoms with Crippen molar-refractivity contribution in [3.63, 3.8) is 0 Å². The molecule has 6 heteroatoms. The molecule has 0 fully saturated rings. The molecule has 3 aromatic rings. The molecular weight excluding hydrogens is 414 g/mol. The van der Waals surface area contributed by atoms with Crippen LogP contribution >= 0.6 is 23.1 Å². The Morgan fingerprint density at radius 3 is 2.33 bits per heavy atom. The van der Waals surface area contributed by atoms with E-state index in [1.54, 1.807) is 7.11 Å². The fourth-order valence-electron chi connectivity index (χ4n) is 3.29. The lowest BCUT2D eigenvalue weighted by molar-refractivity contribution is -0.136. The fraction of sp³-hybridized carbons (Fsp3) is 0.167. The smallest absolute Gasteiger partial charge is 0.268 e. The van der Waals surface area contributed by atoms with Crippen molar-refractivity contribution >= 4 is 40.5 Å². The number of nitrogens with zero attached hydrogens (tertiary/aromatic N) is 1. The maximum Gasteiger partial charge on any atom is 0.268 e. The van der Waals surface area contributed by atoms with Crippen LogP contribution in [0.5, 0.6) is 5.75 Å². The van der Waals surface area contributed by atoms with Crippen molar-refractivity contribution in [2.45, 2.75) is 12.2 Å². The molecule has 0 spiro atoms. The summed E-state index contributed by atoms with van der Waals surface area (Å²) in [5.41, 5.74) is 2.71. The molecule has 4 rings (SSSR count). The first-order valence-corrected chi connectivity index (χ1v) is 11.5. The van der Waals surface area contributed by atoms with Gasteiger partial charge >= 0.3 is 0 Å². The van der Waals surface area contributed by atoms with Gasteiger partial charge in [-0.1, -0.05) is 48.5 Å². The van der Waals surface area contributed by atoms with Crippen LogP contribution in [0.25, 0.3) is 5.57 Å². The van der Waals surface area contributed by atoms with Gasteiger partial charge in [-0.3, -0.25) is 14.5 Å². The molecule has 0 atom stereocenters. The van der Waals surface area contributed by atoms with Crippen LogP contribution in [0.2, 0.25) is 0 Å². The van der Waals surface area contributed by atoms with Crippen molar-refractivity contribution in [3.8, 4) is 5.75 Å². The number of carbonyl (C=O) groups is 2. The Kier molecular flexibility index (Phi) is 6.35. The minimum Gasteiger partial charge on any atom is -0.497 e. The van der Waals surface area contributed by atoms with Gasteiger partial charge in [0.25, 0.3) is 11.8 Å². The number of imide groups is 1. The molecule has 0 saturated carbocycles. The van der Waals surface area contributed by atoms with Crippen LogP contribution < -0.4 is 4.74 Å². The van der Waals surface area contributed by atoms with Crippen molar-refractivity contribution in [1.82, 2.24) is 4.90 Å². The third kappa shape index (κ3) is 4.35. The average Bonchev–Trinajstić information content (AvgIpc) is 3.38. The number of ether oxygens (including phenoxy) is 1. The summed E-state index contributed by atoms with van der Waals surface area (Å²) in [6.07, 6.45) is 0.607. The van der Waals surface area contributed by atoms with Crippen molar-refractivity contribution in [1.29, 1.82) is 0 Å². The van der Waals surface area contributed by atoms with Gasteiger partial charge in [0.05, 0.1) is 17.6 Å². The predicted octanol–water partition coefficient (Wildman–Crippen LogP) is 5.01. The van der Waals surface area contributed by atoms with Crippen molar-refractivity contribution in [2.24, 2.45) is 0 Å². The van der Waals surface area contributed by atoms with Gasteiger partial charge in [-0.2, -0.15) is 0 Å². The molecule has 0 N–H and O–H groups in total. The molecule has 0 bridgehead atoms. The van der Waals surface area contributed by atoms with Crippen LogP contribution in [0.4, 0.5) is 0 Å². The molecular formula is C24H21NO3S2. The molecule has 4 nitrogen and oxygen atoms in total. The van der Waals surface area contributed by atoms with Crippen LogP contribution in [0.3, 0.4) is 0 Å². The lowest BCUT2D eigenvalue weighted by atomic mass is 10.1. The summed E-state index contributed by atoms with van der Waals surface area (Å²) >= 11 is 2.93. The Balaban J connectivity index is 1.53. The van der Waals surface area contributed by atoms with Crippen molar-refractivity contribution in [2.75, 3.05) is 13.7 Å². The molecule has 1 aromatic heterocycles. The molecule has 0 aliphatic carbocycles. The zero-order valence-electron chi connectivity index (χ0n) is 16.5. The number of hydrogen-bond acceptors (Lipinski definition) is 5. The Hall–Kier alpha value is -2.83. The summed E-state index contributed by atoms with van der Waals surface area (Å²) in [7, 11) is 1.63. The normalized spacial score (nSPS) is 14.0. The fourth-order valence-corrected chi connectivity index (χ4v) is 5.20. The molecule has 2 amide bonds. The van der Waals surface area contributed by atoms with E-state index in [1.807, 2.05) is 72.1 Å². The Labute approximate surface area is 184 Å². The minimum absolute atomic E-state index is 0.196. The number of thiophene rings is 1. The highest BCUT2D eigenvalue weighted by Gasteiger charge is 2.39. The Morgan fingerprint density at radius 2 is 1.67 bits per heavy atom. The van der Waals surface area contributed by atoms with E-state index in [2.05, 4.69) is 0 Å². The summed E-state index contributed by atoms with van der Waals surface area (Å²) in [4.78, 5) is 29.1. The first-order chi connectivity index (χ1) is 14.7. The van der Waals surface area contributed by atoms with E-state index in [0.29, 0.717) is 29.2 Å². The maximum atomic E-state index is 13.2. The number of benzene rings is 2. The second-order valence-electron chi connectivity index (χ2n) is 6.82. The highest BCUT2D eigenvalue weighted by molar-refractivity contribution is 8.03. The standard InChI is InChI=1S/C24H21NO3S2/c1-28-19-11-9-17(10-12-19)13-14-25-23(26)21(20-8-5-15-29-20)22(24(25)27)30-16-18-6-3-2-4-7-18/h2-12,15H,13-14,16H2,1H3. The maximum absolute atomic E-state index is 13.2. The van der Waals surface area contributed by atoms with Crippen LogP contribution in [0, 0.1) is 0 Å². The predicted molar refractivity (Wildman–Crippen MR) is 122 cm³/mol. The molecule has 1 aliphatic heterocycles. The zero-order chi connectivity index (χ0) is 20.9. The topological polar surface area (TPSA) is 46.6 Å². The molecule has 30 heavy (non-hydrogen) atoms. The van der Waals surface area contributed by atoms with Gasteiger partial charge in [0.1, 0.15) is 5.75 Å². The van der Waals surface area contributed by atoms with E-state index in [9.17, 15) is 9.59 Å². The Morgan fingerprint density at radius 1 is 0.900 bits per heavy atom. The van der Waals surface area contributed by atoms with Gasteiger partial charge in [0.15, 0.2) is 0 Å². The quantitative estimate of drug-likeness (QED) is 0.467. The van der Waals surface area contributed by atoms with Gasteiger partial charge in [0.2, 0.25) is 0 Å². The third-order valence-corrected chi connectivity index (χ3v) is 6.93. The molecule has 0 saturated heterocycles. The van der Waals surface area contributed by atoms with E-state index >= 15 is 0 Å². The van der Waals surface area contributed by atoms with Gasteiger partial charge in [-0.25, -0.2) is 0 Å². The van der Waals surface area contributed by atoms with Crippen LogP contribution in [-0.4, -0.2) is 30.4 Å². The first kappa shape index (κ1) is 20.4. The van der Waals surface area contributed by atoms with E-state index < -0.39 is 0 Å². The van der Waals surface area contributed by atoms with Gasteiger partial charge < -0.3 is 4.74 Å². The van der Waals surface area contributed by atoms with Gasteiger partial charge in [0, 0.05) is 17.2 Å². The van der Waals surface area contributed by atoms with E-state index in [0.717, 1.165) is 21.8 Å². The van der Waals surface area contributed by atoms with Gasteiger partial charge in [-0.05, 0) is 41.1 Å². The molecule has 152 valence electrons. The minimum atomic E-state index is -0.202. The Bertz CT molecular complexity index is 1060. The van der Waals surface area contributed by atoms with Gasteiger partial charge in [-0.15, -0.1) is 23.1 Å². The lowest BCUT2D eigenvalue weighted by Gasteiger charge is -2.15. The number of thioether (sulfide) groups is 1. The zero-order valence-corrected chi connectivity index (χ0v) is 18.2. The monoisotopic (exact) mass is 435 g/mol. The lowest BCUT2D eigenvalue weighted by Crippen LogP contribution is -2.33. The second kappa shape index (κ2) is 9.32. The van der Waals surface area contributed by atoms with Crippen LogP contribution in [0.1, 0.15) is 16.0 Å². The molecule has 1 aliphatic rings. The van der Waals surface area contributed by atoms with Crippen LogP contribution in [-0.2, 0) is 21.8 Å². The van der Waals surface area contributed by atoms with E-state index in [4.69, 9.17) is 4.74 Å². The van der Waals surface area contributed by atoms with E-state index in [1.165, 1.54) is 28.0 Å². The van der Waals surface area contributed by atoms with Crippen molar-refractivity contribution in [3.05, 3.63) is 93.0 Å². The third-order valence-electron chi connectivity index (χ3n) is 4.90. The summed E-state index contributed by atoms with van der Waals surface area (Å²) < 4.78 is 5.19. The molecule has 0 radical (unpaired) electrons. The number of hydrogen-bond donors (Lipinski definition) is 0.